The number of piperazine rings is 1. The van der Waals surface area contributed by atoms with Crippen LogP contribution in [-0.4, -0.2) is 47.0 Å². The summed E-state index contributed by atoms with van der Waals surface area (Å²) >= 11 is 0. The lowest BCUT2D eigenvalue weighted by atomic mass is 10.1. The molecule has 1 saturated heterocycles. The average Bonchev–Trinajstić information content (AvgIpc) is 2.61. The molecule has 1 aromatic heterocycles. The predicted octanol–water partition coefficient (Wildman–Crippen LogP) is 1.73. The van der Waals surface area contributed by atoms with Gasteiger partial charge in [-0.3, -0.25) is 4.79 Å². The van der Waals surface area contributed by atoms with E-state index < -0.39 is 0 Å². The molecule has 0 aliphatic carbocycles. The molecule has 0 saturated carbocycles. The number of carbonyl (C=O) groups is 1. The third kappa shape index (κ3) is 4.06. The van der Waals surface area contributed by atoms with Crippen molar-refractivity contribution in [3.63, 3.8) is 0 Å². The van der Waals surface area contributed by atoms with E-state index in [4.69, 9.17) is 0 Å². The van der Waals surface area contributed by atoms with Crippen molar-refractivity contribution in [3.8, 4) is 0 Å². The summed E-state index contributed by atoms with van der Waals surface area (Å²) in [6, 6.07) is 11.1. The van der Waals surface area contributed by atoms with Gasteiger partial charge in [-0.2, -0.15) is 0 Å². The Labute approximate surface area is 137 Å². The minimum Gasteiger partial charge on any atom is -0.339 e. The zero-order valence-electron chi connectivity index (χ0n) is 13.4. The number of amides is 1. The Morgan fingerprint density at radius 3 is 2.43 bits per heavy atom. The van der Waals surface area contributed by atoms with Crippen molar-refractivity contribution >= 4 is 11.9 Å². The second-order valence-corrected chi connectivity index (χ2v) is 5.80. The smallest absolute Gasteiger partial charge is 0.225 e. The topological polar surface area (TPSA) is 49.3 Å². The maximum atomic E-state index is 11.3. The van der Waals surface area contributed by atoms with E-state index in [1.165, 1.54) is 5.56 Å². The molecule has 0 unspecified atom stereocenters. The van der Waals surface area contributed by atoms with E-state index in [1.807, 2.05) is 35.5 Å². The summed E-state index contributed by atoms with van der Waals surface area (Å²) in [6.07, 6.45) is 5.71. The van der Waals surface area contributed by atoms with Crippen LogP contribution in [0.25, 0.3) is 0 Å². The predicted molar refractivity (Wildman–Crippen MR) is 89.2 cm³/mol. The molecule has 2 aromatic rings. The molecule has 5 heteroatoms. The third-order valence-corrected chi connectivity index (χ3v) is 4.17. The first-order chi connectivity index (χ1) is 11.2. The summed E-state index contributed by atoms with van der Waals surface area (Å²) in [5.74, 6) is 0.893. The van der Waals surface area contributed by atoms with Crippen molar-refractivity contribution in [1.82, 2.24) is 14.9 Å². The maximum absolute atomic E-state index is 11.3. The molecular formula is C18H21N4O. The molecule has 0 N–H and O–H groups in total. The highest BCUT2D eigenvalue weighted by Crippen LogP contribution is 2.12. The van der Waals surface area contributed by atoms with E-state index in [2.05, 4.69) is 27.0 Å². The van der Waals surface area contributed by atoms with Crippen molar-refractivity contribution in [2.45, 2.75) is 19.8 Å². The molecule has 1 amide bonds. The van der Waals surface area contributed by atoms with Gasteiger partial charge in [-0.25, -0.2) is 9.97 Å². The standard InChI is InChI=1S/C18H21N4O/c1-15(23)21-9-11-22(12-10-21)18-19-13-17(14-20-18)8-7-16-5-3-2-4-6-16/h2-3,5-6,13-14H,7-12H2,1H3. The number of aromatic nitrogens is 2. The van der Waals surface area contributed by atoms with Gasteiger partial charge in [-0.05, 0) is 30.0 Å². The van der Waals surface area contributed by atoms with Gasteiger partial charge < -0.3 is 9.80 Å². The molecule has 119 valence electrons. The molecule has 5 nitrogen and oxygen atoms in total. The van der Waals surface area contributed by atoms with Crippen LogP contribution in [0.4, 0.5) is 5.95 Å². The first-order valence-electron chi connectivity index (χ1n) is 7.99. The Balaban J connectivity index is 1.54. The number of benzene rings is 1. The summed E-state index contributed by atoms with van der Waals surface area (Å²) in [5.41, 5.74) is 2.41. The lowest BCUT2D eigenvalue weighted by molar-refractivity contribution is -0.129. The molecule has 3 rings (SSSR count). The highest BCUT2D eigenvalue weighted by Gasteiger charge is 2.20. The molecule has 0 bridgehead atoms. The molecule has 0 atom stereocenters. The number of hydrogen-bond acceptors (Lipinski definition) is 4. The van der Waals surface area contributed by atoms with Crippen LogP contribution in [0.3, 0.4) is 0 Å². The van der Waals surface area contributed by atoms with Crippen molar-refractivity contribution in [2.24, 2.45) is 0 Å². The first-order valence-corrected chi connectivity index (χ1v) is 7.99. The van der Waals surface area contributed by atoms with Crippen LogP contribution in [0.5, 0.6) is 0 Å². The zero-order chi connectivity index (χ0) is 16.1. The normalized spacial score (nSPS) is 14.8. The van der Waals surface area contributed by atoms with Crippen LogP contribution in [0.15, 0.2) is 36.7 Å². The Morgan fingerprint density at radius 1 is 1.13 bits per heavy atom. The molecule has 1 fully saturated rings. The van der Waals surface area contributed by atoms with Gasteiger partial charge in [0.1, 0.15) is 0 Å². The van der Waals surface area contributed by atoms with E-state index in [0.29, 0.717) is 0 Å². The Bertz CT molecular complexity index is 634. The van der Waals surface area contributed by atoms with Gasteiger partial charge in [0.15, 0.2) is 0 Å². The number of hydrogen-bond donors (Lipinski definition) is 0. The van der Waals surface area contributed by atoms with Gasteiger partial charge in [0.05, 0.1) is 0 Å². The molecule has 1 aliphatic heterocycles. The fourth-order valence-electron chi connectivity index (χ4n) is 2.74. The van der Waals surface area contributed by atoms with Crippen molar-refractivity contribution < 1.29 is 4.79 Å². The molecule has 1 radical (unpaired) electrons. The summed E-state index contributed by atoms with van der Waals surface area (Å²) in [4.78, 5) is 24.3. The van der Waals surface area contributed by atoms with Crippen LogP contribution in [0.1, 0.15) is 18.1 Å². The molecule has 0 spiro atoms. The Kier molecular flexibility index (Phi) is 4.86. The molecule has 1 aromatic carbocycles. The summed E-state index contributed by atoms with van der Waals surface area (Å²) in [7, 11) is 0. The summed E-state index contributed by atoms with van der Waals surface area (Å²) in [5, 5.41) is 0. The van der Waals surface area contributed by atoms with Crippen LogP contribution in [-0.2, 0) is 17.6 Å². The fourth-order valence-corrected chi connectivity index (χ4v) is 2.74. The lowest BCUT2D eigenvalue weighted by Gasteiger charge is -2.34. The average molecular weight is 309 g/mol. The van der Waals surface area contributed by atoms with E-state index in [0.717, 1.165) is 50.5 Å². The maximum Gasteiger partial charge on any atom is 0.225 e. The van der Waals surface area contributed by atoms with Crippen LogP contribution >= 0.6 is 0 Å². The van der Waals surface area contributed by atoms with Gasteiger partial charge in [0, 0.05) is 45.5 Å². The number of aryl methyl sites for hydroxylation is 2. The Morgan fingerprint density at radius 2 is 1.83 bits per heavy atom. The quantitative estimate of drug-likeness (QED) is 0.863. The Hall–Kier alpha value is -2.43. The number of nitrogens with zero attached hydrogens (tertiary/aromatic N) is 4. The third-order valence-electron chi connectivity index (χ3n) is 4.17. The van der Waals surface area contributed by atoms with Gasteiger partial charge in [0.2, 0.25) is 11.9 Å². The van der Waals surface area contributed by atoms with Gasteiger partial charge >= 0.3 is 0 Å². The highest BCUT2D eigenvalue weighted by atomic mass is 16.2. The van der Waals surface area contributed by atoms with Crippen LogP contribution in [0.2, 0.25) is 0 Å². The summed E-state index contributed by atoms with van der Waals surface area (Å²) < 4.78 is 0. The van der Waals surface area contributed by atoms with Crippen molar-refractivity contribution in [1.29, 1.82) is 0 Å². The van der Waals surface area contributed by atoms with Crippen LogP contribution < -0.4 is 4.90 Å². The minimum absolute atomic E-state index is 0.138. The van der Waals surface area contributed by atoms with Crippen LogP contribution in [0, 0.1) is 6.07 Å². The van der Waals surface area contributed by atoms with Gasteiger partial charge in [-0.15, -0.1) is 0 Å². The second kappa shape index (κ2) is 7.22. The zero-order valence-corrected chi connectivity index (χ0v) is 13.4. The molecule has 2 heterocycles. The lowest BCUT2D eigenvalue weighted by Crippen LogP contribution is -2.48. The molecular weight excluding hydrogens is 288 g/mol. The van der Waals surface area contributed by atoms with Crippen molar-refractivity contribution in [2.75, 3.05) is 31.1 Å². The number of anilines is 1. The van der Waals surface area contributed by atoms with E-state index >= 15 is 0 Å². The minimum atomic E-state index is 0.138. The highest BCUT2D eigenvalue weighted by molar-refractivity contribution is 5.73. The molecule has 1 aliphatic rings. The second-order valence-electron chi connectivity index (χ2n) is 5.80. The van der Waals surface area contributed by atoms with E-state index in [-0.39, 0.29) is 5.91 Å². The monoisotopic (exact) mass is 309 g/mol. The number of rotatable bonds is 4. The molecule has 23 heavy (non-hydrogen) atoms. The SMILES string of the molecule is CC(=O)N1CCN(c2ncc(CCc3c[c]ccc3)cn2)CC1. The fraction of sp³-hybridized carbons (Fsp3) is 0.389. The van der Waals surface area contributed by atoms with E-state index in [9.17, 15) is 4.79 Å². The van der Waals surface area contributed by atoms with Crippen molar-refractivity contribution in [3.05, 3.63) is 53.9 Å². The largest absolute Gasteiger partial charge is 0.339 e. The van der Waals surface area contributed by atoms with E-state index in [1.54, 1.807) is 6.92 Å². The number of carbonyl (C=O) groups excluding carboxylic acids is 1. The van der Waals surface area contributed by atoms with Gasteiger partial charge in [-0.1, -0.05) is 24.3 Å². The van der Waals surface area contributed by atoms with Gasteiger partial charge in [0.25, 0.3) is 0 Å². The summed E-state index contributed by atoms with van der Waals surface area (Å²) in [6.45, 7) is 4.68. The first kappa shape index (κ1) is 15.5.